The van der Waals surface area contributed by atoms with Crippen molar-refractivity contribution in [3.8, 4) is 0 Å². The van der Waals surface area contributed by atoms with Crippen LogP contribution < -0.4 is 0 Å². The Bertz CT molecular complexity index is 449. The summed E-state index contributed by atoms with van der Waals surface area (Å²) in [5.41, 5.74) is 0. The van der Waals surface area contributed by atoms with Gasteiger partial charge >= 0.3 is 0 Å². The van der Waals surface area contributed by atoms with Gasteiger partial charge in [-0.2, -0.15) is 0 Å². The number of aliphatic hydroxyl groups is 1. The lowest BCUT2D eigenvalue weighted by Gasteiger charge is -2.01. The van der Waals surface area contributed by atoms with E-state index in [0.29, 0.717) is 6.42 Å². The van der Waals surface area contributed by atoms with Crippen molar-refractivity contribution in [1.29, 1.82) is 0 Å². The minimum absolute atomic E-state index is 0.225. The van der Waals surface area contributed by atoms with Crippen molar-refractivity contribution in [2.75, 3.05) is 0 Å². The third-order valence-electron chi connectivity index (χ3n) is 2.22. The van der Waals surface area contributed by atoms with Crippen LogP contribution in [0.15, 0.2) is 24.3 Å². The van der Waals surface area contributed by atoms with Gasteiger partial charge in [0.25, 0.3) is 0 Å². The average molecular weight is 210 g/mol. The lowest BCUT2D eigenvalue weighted by Crippen LogP contribution is -1.89. The maximum absolute atomic E-state index is 12.9. The number of hydrogen-bond donors (Lipinski definition) is 1. The summed E-state index contributed by atoms with van der Waals surface area (Å²) >= 11 is 1.45. The van der Waals surface area contributed by atoms with E-state index in [1.54, 1.807) is 6.07 Å². The minimum atomic E-state index is -0.421. The summed E-state index contributed by atoms with van der Waals surface area (Å²) in [5.74, 6) is -0.225. The van der Waals surface area contributed by atoms with Crippen LogP contribution in [0.4, 0.5) is 4.39 Å². The largest absolute Gasteiger partial charge is 0.388 e. The Morgan fingerprint density at radius 1 is 1.43 bits per heavy atom. The molecule has 1 aromatic carbocycles. The Morgan fingerprint density at radius 2 is 2.21 bits per heavy atom. The summed E-state index contributed by atoms with van der Waals surface area (Å²) in [6.45, 7) is 1.93. The molecular formula is C11H11FOS. The molecular weight excluding hydrogens is 199 g/mol. The quantitative estimate of drug-likeness (QED) is 0.804. The minimum Gasteiger partial charge on any atom is -0.388 e. The van der Waals surface area contributed by atoms with Crippen molar-refractivity contribution in [1.82, 2.24) is 0 Å². The van der Waals surface area contributed by atoms with E-state index in [9.17, 15) is 9.50 Å². The van der Waals surface area contributed by atoms with Crippen LogP contribution in [0.2, 0.25) is 0 Å². The molecule has 2 rings (SSSR count). The maximum Gasteiger partial charge on any atom is 0.124 e. The number of thiophene rings is 1. The molecule has 0 aliphatic heterocycles. The fourth-order valence-electron chi connectivity index (χ4n) is 1.39. The van der Waals surface area contributed by atoms with E-state index in [2.05, 4.69) is 0 Å². The first kappa shape index (κ1) is 9.62. The van der Waals surface area contributed by atoms with Gasteiger partial charge < -0.3 is 5.11 Å². The van der Waals surface area contributed by atoms with E-state index >= 15 is 0 Å². The number of halogens is 1. The van der Waals surface area contributed by atoms with E-state index in [-0.39, 0.29) is 5.82 Å². The SMILES string of the molecule is CCC(O)c1cc2ccc(F)cc2s1. The molecule has 0 amide bonds. The Kier molecular flexibility index (Phi) is 2.52. The molecule has 0 saturated heterocycles. The third kappa shape index (κ3) is 1.65. The molecule has 0 fully saturated rings. The van der Waals surface area contributed by atoms with Crippen molar-refractivity contribution in [3.63, 3.8) is 0 Å². The Hall–Kier alpha value is -0.930. The van der Waals surface area contributed by atoms with Crippen molar-refractivity contribution in [3.05, 3.63) is 35.0 Å². The lowest BCUT2D eigenvalue weighted by atomic mass is 10.2. The van der Waals surface area contributed by atoms with E-state index in [1.165, 1.54) is 23.5 Å². The van der Waals surface area contributed by atoms with Gasteiger partial charge in [-0.1, -0.05) is 13.0 Å². The predicted molar refractivity (Wildman–Crippen MR) is 57.0 cm³/mol. The van der Waals surface area contributed by atoms with Gasteiger partial charge in [0.15, 0.2) is 0 Å². The van der Waals surface area contributed by atoms with Gasteiger partial charge in [-0.15, -0.1) is 11.3 Å². The van der Waals surface area contributed by atoms with Crippen LogP contribution in [-0.2, 0) is 0 Å². The zero-order valence-corrected chi connectivity index (χ0v) is 8.64. The molecule has 0 aliphatic rings. The molecule has 14 heavy (non-hydrogen) atoms. The highest BCUT2D eigenvalue weighted by Gasteiger charge is 2.09. The van der Waals surface area contributed by atoms with Gasteiger partial charge in [-0.3, -0.25) is 0 Å². The van der Waals surface area contributed by atoms with Crippen molar-refractivity contribution in [2.24, 2.45) is 0 Å². The van der Waals surface area contributed by atoms with Gasteiger partial charge in [-0.05, 0) is 30.0 Å². The first-order valence-electron chi connectivity index (χ1n) is 4.57. The smallest absolute Gasteiger partial charge is 0.124 e. The number of hydrogen-bond acceptors (Lipinski definition) is 2. The Morgan fingerprint density at radius 3 is 2.93 bits per heavy atom. The number of aliphatic hydroxyl groups excluding tert-OH is 1. The van der Waals surface area contributed by atoms with Crippen LogP contribution in [0, 0.1) is 5.82 Å². The summed E-state index contributed by atoms with van der Waals surface area (Å²) in [4.78, 5) is 0.910. The van der Waals surface area contributed by atoms with Crippen LogP contribution in [0.3, 0.4) is 0 Å². The van der Waals surface area contributed by atoms with Gasteiger partial charge in [0.1, 0.15) is 5.82 Å². The molecule has 0 aliphatic carbocycles. The molecule has 3 heteroatoms. The van der Waals surface area contributed by atoms with Gasteiger partial charge in [0.05, 0.1) is 6.10 Å². The zero-order chi connectivity index (χ0) is 10.1. The Labute approximate surface area is 85.8 Å². The molecule has 2 aromatic rings. The van der Waals surface area contributed by atoms with E-state index < -0.39 is 6.10 Å². The summed E-state index contributed by atoms with van der Waals surface area (Å²) in [6, 6.07) is 6.61. The van der Waals surface area contributed by atoms with E-state index in [0.717, 1.165) is 15.0 Å². The van der Waals surface area contributed by atoms with Crippen LogP contribution >= 0.6 is 11.3 Å². The highest BCUT2D eigenvalue weighted by Crippen LogP contribution is 2.31. The molecule has 0 bridgehead atoms. The molecule has 1 N–H and O–H groups in total. The first-order valence-corrected chi connectivity index (χ1v) is 5.39. The van der Waals surface area contributed by atoms with Crippen LogP contribution in [0.5, 0.6) is 0 Å². The average Bonchev–Trinajstić information content (AvgIpc) is 2.59. The summed E-state index contributed by atoms with van der Waals surface area (Å²) < 4.78 is 13.8. The predicted octanol–water partition coefficient (Wildman–Crippen LogP) is 3.48. The number of fused-ring (bicyclic) bond motifs is 1. The molecule has 0 radical (unpaired) electrons. The first-order chi connectivity index (χ1) is 6.70. The number of rotatable bonds is 2. The molecule has 1 heterocycles. The normalized spacial score (nSPS) is 13.4. The van der Waals surface area contributed by atoms with Crippen LogP contribution in [0.1, 0.15) is 24.3 Å². The van der Waals surface area contributed by atoms with Crippen molar-refractivity contribution >= 4 is 21.4 Å². The summed E-state index contributed by atoms with van der Waals surface area (Å²) in [5, 5.41) is 10.6. The second kappa shape index (κ2) is 3.67. The van der Waals surface area contributed by atoms with Crippen LogP contribution in [-0.4, -0.2) is 5.11 Å². The van der Waals surface area contributed by atoms with Gasteiger partial charge in [-0.25, -0.2) is 4.39 Å². The van der Waals surface area contributed by atoms with E-state index in [4.69, 9.17) is 0 Å². The molecule has 1 atom stereocenters. The second-order valence-corrected chi connectivity index (χ2v) is 4.37. The highest BCUT2D eigenvalue weighted by atomic mass is 32.1. The maximum atomic E-state index is 12.9. The Balaban J connectivity index is 2.51. The lowest BCUT2D eigenvalue weighted by molar-refractivity contribution is 0.177. The van der Waals surface area contributed by atoms with Gasteiger partial charge in [0, 0.05) is 9.58 Å². The summed E-state index contributed by atoms with van der Waals surface area (Å²) in [7, 11) is 0. The fraction of sp³-hybridized carbons (Fsp3) is 0.273. The highest BCUT2D eigenvalue weighted by molar-refractivity contribution is 7.19. The second-order valence-electron chi connectivity index (χ2n) is 3.25. The molecule has 1 unspecified atom stereocenters. The van der Waals surface area contributed by atoms with Gasteiger partial charge in [0.2, 0.25) is 0 Å². The monoisotopic (exact) mass is 210 g/mol. The van der Waals surface area contributed by atoms with Crippen LogP contribution in [0.25, 0.3) is 10.1 Å². The zero-order valence-electron chi connectivity index (χ0n) is 7.83. The number of benzene rings is 1. The van der Waals surface area contributed by atoms with E-state index in [1.807, 2.05) is 13.0 Å². The summed E-state index contributed by atoms with van der Waals surface area (Å²) in [6.07, 6.45) is 0.269. The molecule has 74 valence electrons. The molecule has 0 spiro atoms. The van der Waals surface area contributed by atoms with Crippen molar-refractivity contribution in [2.45, 2.75) is 19.4 Å². The fourth-order valence-corrected chi connectivity index (χ4v) is 2.55. The van der Waals surface area contributed by atoms with Crippen molar-refractivity contribution < 1.29 is 9.50 Å². The molecule has 1 nitrogen and oxygen atoms in total. The molecule has 0 saturated carbocycles. The topological polar surface area (TPSA) is 20.2 Å². The molecule has 1 aromatic heterocycles. The third-order valence-corrected chi connectivity index (χ3v) is 3.42. The standard InChI is InChI=1S/C11H11FOS/c1-2-9(13)11-5-7-3-4-8(12)6-10(7)14-11/h3-6,9,13H,2H2,1H3.